The summed E-state index contributed by atoms with van der Waals surface area (Å²) in [6, 6.07) is 8.79. The summed E-state index contributed by atoms with van der Waals surface area (Å²) < 4.78 is 0. The third kappa shape index (κ3) is 1.46. The molecule has 0 saturated heterocycles. The van der Waals surface area contributed by atoms with Gasteiger partial charge >= 0.3 is 0 Å². The van der Waals surface area contributed by atoms with Crippen LogP contribution in [0.2, 0.25) is 0 Å². The van der Waals surface area contributed by atoms with Gasteiger partial charge in [-0.1, -0.05) is 38.1 Å². The zero-order valence-corrected chi connectivity index (χ0v) is 9.03. The second-order valence-electron chi connectivity index (χ2n) is 4.65. The SMILES string of the molecule is CC(C)[C@@H]1C[C@@H](CN)c2ccccc21. The molecular weight excluding hydrogens is 170 g/mol. The average Bonchev–Trinajstić information content (AvgIpc) is 2.56. The van der Waals surface area contributed by atoms with E-state index in [-0.39, 0.29) is 0 Å². The fourth-order valence-corrected chi connectivity index (χ4v) is 2.64. The molecule has 0 radical (unpaired) electrons. The van der Waals surface area contributed by atoms with Crippen LogP contribution >= 0.6 is 0 Å². The van der Waals surface area contributed by atoms with Gasteiger partial charge in [0, 0.05) is 0 Å². The molecule has 1 aliphatic rings. The van der Waals surface area contributed by atoms with Crippen LogP contribution in [0.15, 0.2) is 24.3 Å². The first-order valence-electron chi connectivity index (χ1n) is 5.53. The van der Waals surface area contributed by atoms with Crippen LogP contribution in [0.3, 0.4) is 0 Å². The third-order valence-electron chi connectivity index (χ3n) is 3.46. The fraction of sp³-hybridized carbons (Fsp3) is 0.538. The van der Waals surface area contributed by atoms with Crippen molar-refractivity contribution in [2.75, 3.05) is 6.54 Å². The highest BCUT2D eigenvalue weighted by molar-refractivity contribution is 5.38. The number of rotatable bonds is 2. The first kappa shape index (κ1) is 9.72. The lowest BCUT2D eigenvalue weighted by molar-refractivity contribution is 0.468. The van der Waals surface area contributed by atoms with Gasteiger partial charge in [-0.3, -0.25) is 0 Å². The van der Waals surface area contributed by atoms with Gasteiger partial charge < -0.3 is 5.73 Å². The van der Waals surface area contributed by atoms with Crippen LogP contribution in [-0.2, 0) is 0 Å². The molecule has 2 atom stereocenters. The molecule has 1 aromatic rings. The van der Waals surface area contributed by atoms with E-state index in [4.69, 9.17) is 5.73 Å². The number of hydrogen-bond acceptors (Lipinski definition) is 1. The predicted octanol–water partition coefficient (Wildman–Crippen LogP) is 2.87. The molecule has 0 bridgehead atoms. The standard InChI is InChI=1S/C13H19N/c1-9(2)13-7-10(8-14)11-5-3-4-6-12(11)13/h3-6,9-10,13H,7-8,14H2,1-2H3/t10-,13-/m0/s1. The van der Waals surface area contributed by atoms with E-state index in [1.807, 2.05) is 0 Å². The molecule has 2 rings (SSSR count). The van der Waals surface area contributed by atoms with Crippen molar-refractivity contribution in [2.24, 2.45) is 11.7 Å². The Morgan fingerprint density at radius 3 is 2.50 bits per heavy atom. The van der Waals surface area contributed by atoms with E-state index in [1.54, 1.807) is 0 Å². The minimum atomic E-state index is 0.596. The molecule has 0 spiro atoms. The van der Waals surface area contributed by atoms with Crippen molar-refractivity contribution in [3.05, 3.63) is 35.4 Å². The predicted molar refractivity (Wildman–Crippen MR) is 60.4 cm³/mol. The summed E-state index contributed by atoms with van der Waals surface area (Å²) in [5, 5.41) is 0. The molecule has 1 aromatic carbocycles. The van der Waals surface area contributed by atoms with E-state index in [9.17, 15) is 0 Å². The second kappa shape index (κ2) is 3.74. The van der Waals surface area contributed by atoms with E-state index in [0.29, 0.717) is 5.92 Å². The summed E-state index contributed by atoms with van der Waals surface area (Å²) in [6.45, 7) is 5.40. The minimum Gasteiger partial charge on any atom is -0.330 e. The van der Waals surface area contributed by atoms with E-state index in [1.165, 1.54) is 17.5 Å². The zero-order valence-electron chi connectivity index (χ0n) is 9.03. The van der Waals surface area contributed by atoms with Crippen LogP contribution in [0.1, 0.15) is 43.2 Å². The maximum atomic E-state index is 5.81. The summed E-state index contributed by atoms with van der Waals surface area (Å²) in [4.78, 5) is 0. The Hall–Kier alpha value is -0.820. The smallest absolute Gasteiger partial charge is 0.000791 e. The Labute approximate surface area is 86.3 Å². The molecule has 0 unspecified atom stereocenters. The van der Waals surface area contributed by atoms with Crippen LogP contribution in [0.5, 0.6) is 0 Å². The lowest BCUT2D eigenvalue weighted by Gasteiger charge is -2.15. The molecule has 2 N–H and O–H groups in total. The van der Waals surface area contributed by atoms with Crippen LogP contribution in [0.25, 0.3) is 0 Å². The van der Waals surface area contributed by atoms with Gasteiger partial charge in [0.25, 0.3) is 0 Å². The number of nitrogens with two attached hydrogens (primary N) is 1. The number of hydrogen-bond donors (Lipinski definition) is 1. The maximum absolute atomic E-state index is 5.81. The van der Waals surface area contributed by atoms with Crippen molar-refractivity contribution in [2.45, 2.75) is 32.1 Å². The van der Waals surface area contributed by atoms with Gasteiger partial charge in [-0.25, -0.2) is 0 Å². The normalized spacial score (nSPS) is 25.4. The molecule has 14 heavy (non-hydrogen) atoms. The van der Waals surface area contributed by atoms with Gasteiger partial charge in [0.15, 0.2) is 0 Å². The lowest BCUT2D eigenvalue weighted by atomic mass is 9.90. The Bertz CT molecular complexity index is 317. The average molecular weight is 189 g/mol. The monoisotopic (exact) mass is 189 g/mol. The minimum absolute atomic E-state index is 0.596. The van der Waals surface area contributed by atoms with Crippen LogP contribution in [0, 0.1) is 5.92 Å². The molecule has 76 valence electrons. The Balaban J connectivity index is 2.38. The molecular formula is C13H19N. The quantitative estimate of drug-likeness (QED) is 0.760. The highest BCUT2D eigenvalue weighted by Crippen LogP contribution is 2.44. The largest absolute Gasteiger partial charge is 0.330 e. The highest BCUT2D eigenvalue weighted by Gasteiger charge is 2.31. The van der Waals surface area contributed by atoms with Gasteiger partial charge in [-0.05, 0) is 41.8 Å². The summed E-state index contributed by atoms with van der Waals surface area (Å²) >= 11 is 0. The number of benzene rings is 1. The van der Waals surface area contributed by atoms with Crippen LogP contribution in [0.4, 0.5) is 0 Å². The molecule has 0 amide bonds. The highest BCUT2D eigenvalue weighted by atomic mass is 14.6. The second-order valence-corrected chi connectivity index (χ2v) is 4.65. The van der Waals surface area contributed by atoms with Crippen LogP contribution in [-0.4, -0.2) is 6.54 Å². The third-order valence-corrected chi connectivity index (χ3v) is 3.46. The topological polar surface area (TPSA) is 26.0 Å². The lowest BCUT2D eigenvalue weighted by Crippen LogP contribution is -2.10. The van der Waals surface area contributed by atoms with Crippen molar-refractivity contribution in [3.8, 4) is 0 Å². The summed E-state index contributed by atoms with van der Waals surface area (Å²) in [5.74, 6) is 2.05. The van der Waals surface area contributed by atoms with Crippen molar-refractivity contribution in [3.63, 3.8) is 0 Å². The van der Waals surface area contributed by atoms with Crippen molar-refractivity contribution in [1.82, 2.24) is 0 Å². The zero-order chi connectivity index (χ0) is 10.1. The molecule has 0 saturated carbocycles. The van der Waals surface area contributed by atoms with E-state index < -0.39 is 0 Å². The molecule has 1 nitrogen and oxygen atoms in total. The van der Waals surface area contributed by atoms with Gasteiger partial charge in [0.05, 0.1) is 0 Å². The van der Waals surface area contributed by atoms with Gasteiger partial charge in [0.2, 0.25) is 0 Å². The Morgan fingerprint density at radius 1 is 1.29 bits per heavy atom. The van der Waals surface area contributed by atoms with Gasteiger partial charge in [-0.15, -0.1) is 0 Å². The molecule has 1 heteroatoms. The summed E-state index contributed by atoms with van der Waals surface area (Å²) in [6.07, 6.45) is 1.24. The summed E-state index contributed by atoms with van der Waals surface area (Å²) in [5.41, 5.74) is 8.84. The first-order chi connectivity index (χ1) is 6.74. The molecule has 0 aromatic heterocycles. The van der Waals surface area contributed by atoms with E-state index >= 15 is 0 Å². The van der Waals surface area contributed by atoms with E-state index in [0.717, 1.165) is 18.4 Å². The van der Waals surface area contributed by atoms with Gasteiger partial charge in [-0.2, -0.15) is 0 Å². The molecule has 0 heterocycles. The molecule has 0 aliphatic heterocycles. The van der Waals surface area contributed by atoms with Gasteiger partial charge in [0.1, 0.15) is 0 Å². The van der Waals surface area contributed by atoms with Crippen molar-refractivity contribution < 1.29 is 0 Å². The fourth-order valence-electron chi connectivity index (χ4n) is 2.64. The van der Waals surface area contributed by atoms with Crippen LogP contribution < -0.4 is 5.73 Å². The first-order valence-corrected chi connectivity index (χ1v) is 5.53. The van der Waals surface area contributed by atoms with E-state index in [2.05, 4.69) is 38.1 Å². The maximum Gasteiger partial charge on any atom is -0.000791 e. The number of fused-ring (bicyclic) bond motifs is 1. The van der Waals surface area contributed by atoms with Crippen molar-refractivity contribution in [1.29, 1.82) is 0 Å². The Kier molecular flexibility index (Phi) is 2.60. The molecule has 0 fully saturated rings. The summed E-state index contributed by atoms with van der Waals surface area (Å²) in [7, 11) is 0. The molecule has 1 aliphatic carbocycles. The Morgan fingerprint density at radius 2 is 1.93 bits per heavy atom. The van der Waals surface area contributed by atoms with Crippen molar-refractivity contribution >= 4 is 0 Å².